The summed E-state index contributed by atoms with van der Waals surface area (Å²) in [6.45, 7) is 1.93. The van der Waals surface area contributed by atoms with E-state index in [1.807, 2.05) is 13.0 Å². The minimum absolute atomic E-state index is 0.0721. The molecule has 0 amide bonds. The number of aromatic nitrogens is 3. The molecule has 0 aliphatic carbocycles. The van der Waals surface area contributed by atoms with Crippen molar-refractivity contribution in [1.29, 1.82) is 0 Å². The van der Waals surface area contributed by atoms with Crippen molar-refractivity contribution in [1.82, 2.24) is 14.6 Å². The van der Waals surface area contributed by atoms with Crippen LogP contribution in [0.1, 0.15) is 12.7 Å². The maximum atomic E-state index is 5.82. The van der Waals surface area contributed by atoms with Gasteiger partial charge in [0.05, 0.1) is 5.02 Å². The van der Waals surface area contributed by atoms with Crippen molar-refractivity contribution >= 4 is 17.2 Å². The van der Waals surface area contributed by atoms with Crippen LogP contribution >= 0.6 is 11.6 Å². The normalized spacial score (nSPS) is 13.4. The van der Waals surface area contributed by atoms with Gasteiger partial charge in [-0.25, -0.2) is 9.50 Å². The Hall–Kier alpha value is -1.13. The largest absolute Gasteiger partial charge is 0.328 e. The lowest BCUT2D eigenvalue weighted by Gasteiger charge is -1.97. The first-order valence-electron chi connectivity index (χ1n) is 4.41. The molecule has 0 aromatic carbocycles. The number of hydrogen-bond donors (Lipinski definition) is 1. The van der Waals surface area contributed by atoms with Gasteiger partial charge in [0.15, 0.2) is 11.5 Å². The molecule has 0 bridgehead atoms. The van der Waals surface area contributed by atoms with Gasteiger partial charge in [0.1, 0.15) is 0 Å². The van der Waals surface area contributed by atoms with Gasteiger partial charge in [0.25, 0.3) is 0 Å². The standard InChI is InChI=1S/C9H11ClN4/c1-6(11)4-8-12-9-3-2-7(10)5-14(9)13-8/h2-3,5-6H,4,11H2,1H3. The lowest BCUT2D eigenvalue weighted by atomic mass is 10.2. The molecule has 2 rings (SSSR count). The van der Waals surface area contributed by atoms with Crippen molar-refractivity contribution in [3.8, 4) is 0 Å². The number of fused-ring (bicyclic) bond motifs is 1. The lowest BCUT2D eigenvalue weighted by Crippen LogP contribution is -2.18. The second kappa shape index (κ2) is 3.55. The zero-order valence-electron chi connectivity index (χ0n) is 7.81. The third-order valence-corrected chi connectivity index (χ3v) is 2.07. The van der Waals surface area contributed by atoms with Gasteiger partial charge in [0, 0.05) is 18.7 Å². The van der Waals surface area contributed by atoms with Gasteiger partial charge in [-0.1, -0.05) is 11.6 Å². The average molecular weight is 211 g/mol. The molecule has 1 unspecified atom stereocenters. The second-order valence-corrected chi connectivity index (χ2v) is 3.80. The Labute approximate surface area is 86.7 Å². The van der Waals surface area contributed by atoms with E-state index in [9.17, 15) is 0 Å². The Morgan fingerprint density at radius 3 is 3.07 bits per heavy atom. The van der Waals surface area contributed by atoms with Crippen molar-refractivity contribution in [3.05, 3.63) is 29.2 Å². The van der Waals surface area contributed by atoms with Gasteiger partial charge in [-0.3, -0.25) is 0 Å². The monoisotopic (exact) mass is 210 g/mol. The molecule has 0 fully saturated rings. The molecule has 4 nitrogen and oxygen atoms in total. The first kappa shape index (κ1) is 9.43. The number of nitrogens with zero attached hydrogens (tertiary/aromatic N) is 3. The third-order valence-electron chi connectivity index (χ3n) is 1.84. The van der Waals surface area contributed by atoms with Gasteiger partial charge < -0.3 is 5.73 Å². The van der Waals surface area contributed by atoms with E-state index in [0.29, 0.717) is 11.4 Å². The van der Waals surface area contributed by atoms with Crippen molar-refractivity contribution in [2.75, 3.05) is 0 Å². The fourth-order valence-corrected chi connectivity index (χ4v) is 1.43. The van der Waals surface area contributed by atoms with Gasteiger partial charge in [0.2, 0.25) is 0 Å². The molecule has 0 spiro atoms. The quantitative estimate of drug-likeness (QED) is 0.812. The fourth-order valence-electron chi connectivity index (χ4n) is 1.28. The summed E-state index contributed by atoms with van der Waals surface area (Å²) in [5, 5.41) is 4.90. The van der Waals surface area contributed by atoms with Crippen LogP contribution in [0, 0.1) is 0 Å². The molecule has 0 aliphatic heterocycles. The molecule has 0 saturated carbocycles. The smallest absolute Gasteiger partial charge is 0.155 e. The second-order valence-electron chi connectivity index (χ2n) is 3.36. The molecular weight excluding hydrogens is 200 g/mol. The number of nitrogens with two attached hydrogens (primary N) is 1. The summed E-state index contributed by atoms with van der Waals surface area (Å²) < 4.78 is 1.67. The van der Waals surface area contributed by atoms with Gasteiger partial charge in [-0.2, -0.15) is 5.10 Å². The molecule has 74 valence electrons. The molecule has 2 aromatic heterocycles. The van der Waals surface area contributed by atoms with Crippen LogP contribution in [0.4, 0.5) is 0 Å². The molecule has 1 atom stereocenters. The van der Waals surface area contributed by atoms with E-state index in [-0.39, 0.29) is 6.04 Å². The van der Waals surface area contributed by atoms with Crippen molar-refractivity contribution < 1.29 is 0 Å². The highest BCUT2D eigenvalue weighted by molar-refractivity contribution is 6.30. The first-order valence-corrected chi connectivity index (χ1v) is 4.79. The average Bonchev–Trinajstić information content (AvgIpc) is 2.44. The number of hydrogen-bond acceptors (Lipinski definition) is 3. The zero-order chi connectivity index (χ0) is 10.1. The minimum atomic E-state index is 0.0721. The van der Waals surface area contributed by atoms with Crippen LogP contribution in [-0.4, -0.2) is 20.6 Å². The van der Waals surface area contributed by atoms with Crippen molar-refractivity contribution in [2.45, 2.75) is 19.4 Å². The maximum absolute atomic E-state index is 5.82. The molecule has 0 radical (unpaired) electrons. The van der Waals surface area contributed by atoms with E-state index in [0.717, 1.165) is 11.5 Å². The molecule has 5 heteroatoms. The minimum Gasteiger partial charge on any atom is -0.328 e. The van der Waals surface area contributed by atoms with Crippen molar-refractivity contribution in [3.63, 3.8) is 0 Å². The SMILES string of the molecule is CC(N)Cc1nc2ccc(Cl)cn2n1. The Balaban J connectivity index is 2.41. The van der Waals surface area contributed by atoms with Crippen LogP contribution in [0.25, 0.3) is 5.65 Å². The lowest BCUT2D eigenvalue weighted by molar-refractivity contribution is 0.700. The van der Waals surface area contributed by atoms with E-state index in [1.54, 1.807) is 16.8 Å². The van der Waals surface area contributed by atoms with Crippen LogP contribution in [-0.2, 0) is 6.42 Å². The summed E-state index contributed by atoms with van der Waals surface area (Å²) in [5.74, 6) is 0.752. The molecule has 2 aromatic rings. The Bertz CT molecular complexity index is 449. The molecular formula is C9H11ClN4. The summed E-state index contributed by atoms with van der Waals surface area (Å²) in [4.78, 5) is 4.31. The van der Waals surface area contributed by atoms with E-state index in [4.69, 9.17) is 17.3 Å². The number of rotatable bonds is 2. The Morgan fingerprint density at radius 2 is 2.36 bits per heavy atom. The number of halogens is 1. The highest BCUT2D eigenvalue weighted by Crippen LogP contribution is 2.09. The molecule has 2 N–H and O–H groups in total. The molecule has 2 heterocycles. The Kier molecular flexibility index (Phi) is 2.39. The van der Waals surface area contributed by atoms with E-state index in [2.05, 4.69) is 10.1 Å². The van der Waals surface area contributed by atoms with Crippen LogP contribution in [0.15, 0.2) is 18.3 Å². The van der Waals surface area contributed by atoms with Crippen LogP contribution in [0.3, 0.4) is 0 Å². The molecule has 0 aliphatic rings. The summed E-state index contributed by atoms with van der Waals surface area (Å²) in [7, 11) is 0. The Morgan fingerprint density at radius 1 is 1.57 bits per heavy atom. The third kappa shape index (κ3) is 1.86. The molecule has 0 saturated heterocycles. The summed E-state index contributed by atoms with van der Waals surface area (Å²) >= 11 is 5.82. The van der Waals surface area contributed by atoms with Gasteiger partial charge in [-0.05, 0) is 19.1 Å². The van der Waals surface area contributed by atoms with Gasteiger partial charge >= 0.3 is 0 Å². The van der Waals surface area contributed by atoms with Crippen LogP contribution in [0.5, 0.6) is 0 Å². The first-order chi connectivity index (χ1) is 6.65. The van der Waals surface area contributed by atoms with Crippen molar-refractivity contribution in [2.24, 2.45) is 5.73 Å². The van der Waals surface area contributed by atoms with Crippen LogP contribution < -0.4 is 5.73 Å². The summed E-state index contributed by atoms with van der Waals surface area (Å²) in [5.41, 5.74) is 6.46. The topological polar surface area (TPSA) is 56.2 Å². The highest BCUT2D eigenvalue weighted by Gasteiger charge is 2.05. The fraction of sp³-hybridized carbons (Fsp3) is 0.333. The summed E-state index contributed by atoms with van der Waals surface area (Å²) in [6, 6.07) is 3.70. The zero-order valence-corrected chi connectivity index (χ0v) is 8.57. The summed E-state index contributed by atoms with van der Waals surface area (Å²) in [6.07, 6.45) is 2.41. The predicted molar refractivity (Wildman–Crippen MR) is 55.4 cm³/mol. The van der Waals surface area contributed by atoms with E-state index >= 15 is 0 Å². The number of pyridine rings is 1. The van der Waals surface area contributed by atoms with Gasteiger partial charge in [-0.15, -0.1) is 0 Å². The highest BCUT2D eigenvalue weighted by atomic mass is 35.5. The van der Waals surface area contributed by atoms with E-state index < -0.39 is 0 Å². The van der Waals surface area contributed by atoms with Crippen LogP contribution in [0.2, 0.25) is 5.02 Å². The molecule has 14 heavy (non-hydrogen) atoms. The van der Waals surface area contributed by atoms with E-state index in [1.165, 1.54) is 0 Å². The predicted octanol–water partition coefficient (Wildman–Crippen LogP) is 1.27. The maximum Gasteiger partial charge on any atom is 0.155 e.